The second-order valence-corrected chi connectivity index (χ2v) is 4.37. The van der Waals surface area contributed by atoms with Crippen LogP contribution in [0.5, 0.6) is 0 Å². The Morgan fingerprint density at radius 3 is 3.00 bits per heavy atom. The molecule has 0 radical (unpaired) electrons. The zero-order chi connectivity index (χ0) is 8.44. The van der Waals surface area contributed by atoms with Gasteiger partial charge in [-0.15, -0.1) is 0 Å². The van der Waals surface area contributed by atoms with Crippen molar-refractivity contribution in [1.82, 2.24) is 0 Å². The fraction of sp³-hybridized carbons (Fsp3) is 1.00. The normalized spacial score (nSPS) is 39.2. The summed E-state index contributed by atoms with van der Waals surface area (Å²) in [6, 6.07) is 0. The molecule has 1 heteroatoms. The lowest BCUT2D eigenvalue weighted by Gasteiger charge is -2.16. The maximum Gasteiger partial charge on any atom is 0.0948 e. The Morgan fingerprint density at radius 1 is 1.33 bits per heavy atom. The molecule has 2 atom stereocenters. The molecule has 1 aliphatic carbocycles. The van der Waals surface area contributed by atoms with Gasteiger partial charge in [0.15, 0.2) is 0 Å². The van der Waals surface area contributed by atoms with Crippen LogP contribution in [0.25, 0.3) is 0 Å². The molecule has 2 fully saturated rings. The highest BCUT2D eigenvalue weighted by molar-refractivity contribution is 5.04. The van der Waals surface area contributed by atoms with E-state index in [1.165, 1.54) is 51.4 Å². The zero-order valence-corrected chi connectivity index (χ0v) is 8.14. The van der Waals surface area contributed by atoms with Crippen LogP contribution in [0.2, 0.25) is 0 Å². The monoisotopic (exact) mass is 168 g/mol. The first-order valence-electron chi connectivity index (χ1n) is 5.55. The van der Waals surface area contributed by atoms with Crippen molar-refractivity contribution in [3.05, 3.63) is 0 Å². The Labute approximate surface area is 75.5 Å². The predicted octanol–water partition coefficient (Wildman–Crippen LogP) is 3.28. The van der Waals surface area contributed by atoms with E-state index in [1.807, 2.05) is 0 Å². The molecule has 2 aliphatic rings. The molecule has 0 N–H and O–H groups in total. The summed E-state index contributed by atoms with van der Waals surface area (Å²) in [6.07, 6.45) is 11.6. The molecule has 0 aromatic carbocycles. The van der Waals surface area contributed by atoms with Gasteiger partial charge in [0.05, 0.1) is 11.7 Å². The summed E-state index contributed by atoms with van der Waals surface area (Å²) in [5.41, 5.74) is 0.396. The lowest BCUT2D eigenvalue weighted by Crippen LogP contribution is -2.18. The molecule has 12 heavy (non-hydrogen) atoms. The van der Waals surface area contributed by atoms with E-state index in [9.17, 15) is 0 Å². The van der Waals surface area contributed by atoms with Crippen LogP contribution < -0.4 is 0 Å². The first-order valence-corrected chi connectivity index (χ1v) is 5.55. The summed E-state index contributed by atoms with van der Waals surface area (Å²) < 4.78 is 5.81. The van der Waals surface area contributed by atoms with E-state index in [1.54, 1.807) is 0 Å². The molecule has 1 saturated carbocycles. The fourth-order valence-electron chi connectivity index (χ4n) is 2.56. The smallest absolute Gasteiger partial charge is 0.0948 e. The van der Waals surface area contributed by atoms with Gasteiger partial charge in [-0.3, -0.25) is 0 Å². The molecule has 1 nitrogen and oxygen atoms in total. The molecular formula is C11H20O. The number of ether oxygens (including phenoxy) is 1. The Hall–Kier alpha value is -0.0400. The van der Waals surface area contributed by atoms with E-state index in [-0.39, 0.29) is 0 Å². The van der Waals surface area contributed by atoms with Crippen molar-refractivity contribution >= 4 is 0 Å². The van der Waals surface area contributed by atoms with Gasteiger partial charge in [-0.05, 0) is 19.3 Å². The zero-order valence-electron chi connectivity index (χ0n) is 8.14. The average Bonchev–Trinajstić information content (AvgIpc) is 2.79. The Bertz CT molecular complexity index is 155. The van der Waals surface area contributed by atoms with E-state index >= 15 is 0 Å². The van der Waals surface area contributed by atoms with Crippen molar-refractivity contribution in [2.24, 2.45) is 0 Å². The van der Waals surface area contributed by atoms with Crippen LogP contribution >= 0.6 is 0 Å². The van der Waals surface area contributed by atoms with Crippen molar-refractivity contribution in [1.29, 1.82) is 0 Å². The van der Waals surface area contributed by atoms with Gasteiger partial charge in [0.2, 0.25) is 0 Å². The van der Waals surface area contributed by atoms with Gasteiger partial charge in [-0.2, -0.15) is 0 Å². The highest BCUT2D eigenvalue weighted by atomic mass is 16.6. The molecule has 70 valence electrons. The maximum absolute atomic E-state index is 5.81. The third-order valence-electron chi connectivity index (χ3n) is 3.43. The average molecular weight is 168 g/mol. The summed E-state index contributed by atoms with van der Waals surface area (Å²) in [4.78, 5) is 0. The van der Waals surface area contributed by atoms with Gasteiger partial charge in [0.1, 0.15) is 0 Å². The van der Waals surface area contributed by atoms with Crippen molar-refractivity contribution in [3.63, 3.8) is 0 Å². The minimum atomic E-state index is 0.396. The van der Waals surface area contributed by atoms with Gasteiger partial charge < -0.3 is 4.74 Å². The van der Waals surface area contributed by atoms with Gasteiger partial charge in [-0.1, -0.05) is 39.0 Å². The van der Waals surface area contributed by atoms with Crippen molar-refractivity contribution in [2.45, 2.75) is 70.0 Å². The van der Waals surface area contributed by atoms with Gasteiger partial charge in [0.25, 0.3) is 0 Å². The first kappa shape index (κ1) is 8.55. The van der Waals surface area contributed by atoms with Gasteiger partial charge >= 0.3 is 0 Å². The van der Waals surface area contributed by atoms with Crippen molar-refractivity contribution in [3.8, 4) is 0 Å². The van der Waals surface area contributed by atoms with Crippen molar-refractivity contribution in [2.75, 3.05) is 0 Å². The SMILES string of the molecule is CCCCCC12CCCCC1O2. The maximum atomic E-state index is 5.81. The molecule has 0 bridgehead atoms. The Morgan fingerprint density at radius 2 is 2.25 bits per heavy atom. The summed E-state index contributed by atoms with van der Waals surface area (Å²) in [7, 11) is 0. The topological polar surface area (TPSA) is 12.5 Å². The highest BCUT2D eigenvalue weighted by Gasteiger charge is 2.55. The molecule has 2 unspecified atom stereocenters. The minimum absolute atomic E-state index is 0.396. The predicted molar refractivity (Wildman–Crippen MR) is 50.2 cm³/mol. The third kappa shape index (κ3) is 1.52. The second-order valence-electron chi connectivity index (χ2n) is 4.37. The molecule has 0 aromatic heterocycles. The van der Waals surface area contributed by atoms with Crippen LogP contribution in [0, 0.1) is 0 Å². The molecule has 1 saturated heterocycles. The standard InChI is InChI=1S/C11H20O/c1-2-3-5-8-11-9-6-4-7-10(11)12-11/h10H,2-9H2,1H3. The highest BCUT2D eigenvalue weighted by Crippen LogP contribution is 2.50. The van der Waals surface area contributed by atoms with Crippen LogP contribution in [0.15, 0.2) is 0 Å². The quantitative estimate of drug-likeness (QED) is 0.463. The van der Waals surface area contributed by atoms with E-state index < -0.39 is 0 Å². The van der Waals surface area contributed by atoms with Crippen LogP contribution in [-0.4, -0.2) is 11.7 Å². The van der Waals surface area contributed by atoms with Gasteiger partial charge in [-0.25, -0.2) is 0 Å². The summed E-state index contributed by atoms with van der Waals surface area (Å²) in [5, 5.41) is 0. The first-order chi connectivity index (χ1) is 5.87. The molecule has 0 aromatic rings. The number of hydrogen-bond acceptors (Lipinski definition) is 1. The number of unbranched alkanes of at least 4 members (excludes halogenated alkanes) is 2. The molecule has 1 heterocycles. The molecule has 1 aliphatic heterocycles. The molecule has 2 rings (SSSR count). The third-order valence-corrected chi connectivity index (χ3v) is 3.43. The lowest BCUT2D eigenvalue weighted by molar-refractivity contribution is 0.265. The van der Waals surface area contributed by atoms with Crippen LogP contribution in [0.4, 0.5) is 0 Å². The number of hydrogen-bond donors (Lipinski definition) is 0. The molecule has 0 amide bonds. The Kier molecular flexibility index (Phi) is 2.40. The largest absolute Gasteiger partial charge is 0.366 e. The van der Waals surface area contributed by atoms with Crippen LogP contribution in [0.3, 0.4) is 0 Å². The van der Waals surface area contributed by atoms with Crippen LogP contribution in [0.1, 0.15) is 58.3 Å². The van der Waals surface area contributed by atoms with Gasteiger partial charge in [0, 0.05) is 0 Å². The van der Waals surface area contributed by atoms with E-state index in [0.29, 0.717) is 11.7 Å². The summed E-state index contributed by atoms with van der Waals surface area (Å²) in [5.74, 6) is 0. The van der Waals surface area contributed by atoms with Crippen LogP contribution in [-0.2, 0) is 4.74 Å². The molecular weight excluding hydrogens is 148 g/mol. The van der Waals surface area contributed by atoms with E-state index in [4.69, 9.17) is 4.74 Å². The number of fused-ring (bicyclic) bond motifs is 1. The Balaban J connectivity index is 1.73. The number of epoxide rings is 1. The second kappa shape index (κ2) is 3.37. The minimum Gasteiger partial charge on any atom is -0.366 e. The van der Waals surface area contributed by atoms with E-state index in [2.05, 4.69) is 6.92 Å². The van der Waals surface area contributed by atoms with E-state index in [0.717, 1.165) is 0 Å². The lowest BCUT2D eigenvalue weighted by atomic mass is 9.85. The summed E-state index contributed by atoms with van der Waals surface area (Å²) in [6.45, 7) is 2.27. The number of rotatable bonds is 4. The van der Waals surface area contributed by atoms with Crippen molar-refractivity contribution < 1.29 is 4.74 Å². The fourth-order valence-corrected chi connectivity index (χ4v) is 2.56. The molecule has 0 spiro atoms. The summed E-state index contributed by atoms with van der Waals surface area (Å²) >= 11 is 0.